The smallest absolute Gasteiger partial charge is 0.0411 e. The molecule has 0 bridgehead atoms. The minimum Gasteiger partial charge on any atom is -0.345 e. The molecule has 0 saturated carbocycles. The summed E-state index contributed by atoms with van der Waals surface area (Å²) in [5.74, 6) is 0. The summed E-state index contributed by atoms with van der Waals surface area (Å²) < 4.78 is 0. The first kappa shape index (κ1) is 66.1. The highest BCUT2D eigenvalue weighted by Crippen LogP contribution is 2.65. The number of anilines is 4. The lowest BCUT2D eigenvalue weighted by molar-refractivity contribution is 0.125. The van der Waals surface area contributed by atoms with E-state index in [4.69, 9.17) is 0 Å². The van der Waals surface area contributed by atoms with Gasteiger partial charge in [-0.1, -0.05) is 289 Å². The van der Waals surface area contributed by atoms with Gasteiger partial charge in [-0.2, -0.15) is 0 Å². The molecule has 5 aromatic carbocycles. The molecule has 0 saturated heterocycles. The van der Waals surface area contributed by atoms with E-state index in [0.29, 0.717) is 0 Å². The zero-order chi connectivity index (χ0) is 62.1. The van der Waals surface area contributed by atoms with Crippen molar-refractivity contribution in [2.45, 2.75) is 323 Å². The average molecular weight is 1160 g/mol. The standard InChI is InChI=1S/C84H124N2/c1-19-23-27-31-35-39-51-83(52-40-36-32-28-24-20-2)71-55-61(85(17)63-45-49-69-75(57-63)79(9,10)81(13,14)77(69,5)6)43-47-65(71)67-60-74-68(59-73(67)83)66-48-44-62(86(18)64-46-50-70-76(58-64)80(11,12)82(15,16)78(70,7)8)56-72(66)84(74,53-41-37-33-29-25-21-3)54-42-38-34-30-26-22-4/h43-50,55-60H,19-42,51-54H2,1-18H3. The van der Waals surface area contributed by atoms with Gasteiger partial charge >= 0.3 is 0 Å². The van der Waals surface area contributed by atoms with Crippen molar-refractivity contribution >= 4 is 22.7 Å². The Kier molecular flexibility index (Phi) is 20.2. The van der Waals surface area contributed by atoms with Gasteiger partial charge in [0.05, 0.1) is 0 Å². The quantitative estimate of drug-likeness (QED) is 0.0396. The highest BCUT2D eigenvalue weighted by molar-refractivity contribution is 5.92. The van der Waals surface area contributed by atoms with Crippen LogP contribution in [0.1, 0.15) is 335 Å². The van der Waals surface area contributed by atoms with E-state index in [1.165, 1.54) is 236 Å². The fraction of sp³-hybridized carbons (Fsp3) is 0.643. The SMILES string of the molecule is CCCCCCCCC1(CCCCCCCC)c2cc(N(C)c3ccc4c(c3)C(C)(C)C(C)(C)C4(C)C)ccc2-c2cc3c(cc21)-c1ccc(N(C)c2ccc4c(c2)C(C)(C)C(C)(C)C4(C)C)cc1C3(CCCCCCCC)CCCCCCCC. The summed E-state index contributed by atoms with van der Waals surface area (Å²) >= 11 is 0. The molecule has 0 spiro atoms. The van der Waals surface area contributed by atoms with E-state index >= 15 is 0 Å². The summed E-state index contributed by atoms with van der Waals surface area (Å²) in [5, 5.41) is 0. The molecule has 0 atom stereocenters. The highest BCUT2D eigenvalue weighted by atomic mass is 15.1. The van der Waals surface area contributed by atoms with E-state index in [2.05, 4.69) is 220 Å². The molecule has 0 radical (unpaired) electrons. The van der Waals surface area contributed by atoms with Gasteiger partial charge in [0.15, 0.2) is 0 Å². The Morgan fingerprint density at radius 2 is 0.477 bits per heavy atom. The van der Waals surface area contributed by atoms with Gasteiger partial charge in [-0.15, -0.1) is 0 Å². The molecular formula is C84H124N2. The van der Waals surface area contributed by atoms with Crippen LogP contribution in [0.4, 0.5) is 22.7 Å². The number of hydrogen-bond donors (Lipinski definition) is 0. The number of unbranched alkanes of at least 4 members (excludes halogenated alkanes) is 20. The first-order chi connectivity index (χ1) is 40.9. The topological polar surface area (TPSA) is 6.48 Å². The Morgan fingerprint density at radius 1 is 0.244 bits per heavy atom. The second kappa shape index (κ2) is 26.3. The maximum atomic E-state index is 2.87. The third-order valence-corrected chi connectivity index (χ3v) is 26.1. The maximum absolute atomic E-state index is 2.87. The van der Waals surface area contributed by atoms with Crippen LogP contribution in [-0.2, 0) is 32.5 Å². The largest absolute Gasteiger partial charge is 0.345 e. The molecule has 0 fully saturated rings. The Bertz CT molecular complexity index is 2870. The molecule has 0 unspecified atom stereocenters. The van der Waals surface area contributed by atoms with Crippen molar-refractivity contribution in [1.82, 2.24) is 0 Å². The molecule has 0 aromatic heterocycles. The second-order valence-corrected chi connectivity index (χ2v) is 32.0. The van der Waals surface area contributed by atoms with E-state index < -0.39 is 0 Å². The molecule has 0 aliphatic heterocycles. The van der Waals surface area contributed by atoms with E-state index in [0.717, 1.165) is 0 Å². The van der Waals surface area contributed by atoms with Crippen LogP contribution in [0.25, 0.3) is 22.3 Å². The number of fused-ring (bicyclic) bond motifs is 8. The Morgan fingerprint density at radius 3 is 0.767 bits per heavy atom. The van der Waals surface area contributed by atoms with E-state index in [1.54, 1.807) is 33.4 Å². The van der Waals surface area contributed by atoms with Crippen molar-refractivity contribution in [2.75, 3.05) is 23.9 Å². The molecule has 2 heteroatoms. The van der Waals surface area contributed by atoms with Gasteiger partial charge in [0.25, 0.3) is 0 Å². The summed E-state index contributed by atoms with van der Waals surface area (Å²) in [6, 6.07) is 36.4. The fourth-order valence-corrected chi connectivity index (χ4v) is 17.8. The van der Waals surface area contributed by atoms with Crippen LogP contribution in [0.15, 0.2) is 84.9 Å². The van der Waals surface area contributed by atoms with Crippen LogP contribution in [0, 0.1) is 10.8 Å². The summed E-state index contributed by atoms with van der Waals surface area (Å²) in [6.07, 6.45) is 36.7. The number of benzene rings is 5. The van der Waals surface area contributed by atoms with Crippen LogP contribution in [0.3, 0.4) is 0 Å². The minimum absolute atomic E-state index is 0.0470. The molecule has 0 N–H and O–H groups in total. The molecule has 2 nitrogen and oxygen atoms in total. The maximum Gasteiger partial charge on any atom is 0.0411 e. The highest BCUT2D eigenvalue weighted by Gasteiger charge is 2.58. The predicted octanol–water partition coefficient (Wildman–Crippen LogP) is 25.9. The number of nitrogens with zero attached hydrogens (tertiary/aromatic N) is 2. The first-order valence-electron chi connectivity index (χ1n) is 36.1. The van der Waals surface area contributed by atoms with Gasteiger partial charge in [0, 0.05) is 47.7 Å². The van der Waals surface area contributed by atoms with Crippen LogP contribution >= 0.6 is 0 Å². The van der Waals surface area contributed by atoms with Gasteiger partial charge in [-0.25, -0.2) is 0 Å². The monoisotopic (exact) mass is 1160 g/mol. The molecule has 470 valence electrons. The lowest BCUT2D eigenvalue weighted by Gasteiger charge is -2.44. The van der Waals surface area contributed by atoms with Gasteiger partial charge in [0.1, 0.15) is 0 Å². The second-order valence-electron chi connectivity index (χ2n) is 32.0. The van der Waals surface area contributed by atoms with E-state index in [1.807, 2.05) is 0 Å². The zero-order valence-corrected chi connectivity index (χ0v) is 58.8. The lowest BCUT2D eigenvalue weighted by Crippen LogP contribution is -2.42. The molecule has 0 heterocycles. The summed E-state index contributed by atoms with van der Waals surface area (Å²) in [5.41, 5.74) is 24.5. The van der Waals surface area contributed by atoms with Gasteiger partial charge < -0.3 is 9.80 Å². The normalized spacial score (nSPS) is 18.5. The van der Waals surface area contributed by atoms with Crippen molar-refractivity contribution in [3.8, 4) is 22.3 Å². The molecule has 5 aromatic rings. The third-order valence-electron chi connectivity index (χ3n) is 26.1. The third kappa shape index (κ3) is 11.4. The molecule has 86 heavy (non-hydrogen) atoms. The minimum atomic E-state index is -0.0470. The van der Waals surface area contributed by atoms with Crippen molar-refractivity contribution in [1.29, 1.82) is 0 Å². The summed E-state index contributed by atoms with van der Waals surface area (Å²) in [7, 11) is 4.71. The zero-order valence-electron chi connectivity index (χ0n) is 58.8. The van der Waals surface area contributed by atoms with Crippen LogP contribution in [0.2, 0.25) is 0 Å². The molecule has 4 aliphatic carbocycles. The Hall–Kier alpha value is -4.30. The van der Waals surface area contributed by atoms with Crippen molar-refractivity contribution in [3.05, 3.63) is 129 Å². The predicted molar refractivity (Wildman–Crippen MR) is 380 cm³/mol. The van der Waals surface area contributed by atoms with Crippen molar-refractivity contribution in [2.24, 2.45) is 10.8 Å². The van der Waals surface area contributed by atoms with Gasteiger partial charge in [0.2, 0.25) is 0 Å². The molecule has 4 aliphatic rings. The molecular weight excluding hydrogens is 1040 g/mol. The molecule has 9 rings (SSSR count). The average Bonchev–Trinajstić information content (AvgIpc) is 1.57. The Balaban J connectivity index is 1.21. The van der Waals surface area contributed by atoms with Crippen LogP contribution in [-0.4, -0.2) is 14.1 Å². The van der Waals surface area contributed by atoms with Gasteiger partial charge in [-0.3, -0.25) is 0 Å². The van der Waals surface area contributed by atoms with Gasteiger partial charge in [-0.05, 0) is 186 Å². The first-order valence-corrected chi connectivity index (χ1v) is 36.1. The number of hydrogen-bond acceptors (Lipinski definition) is 2. The Labute approximate surface area is 529 Å². The lowest BCUT2D eigenvalue weighted by atomic mass is 9.59. The van der Waals surface area contributed by atoms with Crippen LogP contribution < -0.4 is 9.80 Å². The van der Waals surface area contributed by atoms with Crippen LogP contribution in [0.5, 0.6) is 0 Å². The van der Waals surface area contributed by atoms with Crippen molar-refractivity contribution < 1.29 is 0 Å². The van der Waals surface area contributed by atoms with E-state index in [9.17, 15) is 0 Å². The summed E-state index contributed by atoms with van der Waals surface area (Å²) in [4.78, 5) is 5.08. The van der Waals surface area contributed by atoms with E-state index in [-0.39, 0.29) is 43.3 Å². The summed E-state index contributed by atoms with van der Waals surface area (Å²) in [6.45, 7) is 39.3. The fourth-order valence-electron chi connectivity index (χ4n) is 17.8. The molecule has 0 amide bonds. The number of rotatable bonds is 32. The van der Waals surface area contributed by atoms with Crippen molar-refractivity contribution in [3.63, 3.8) is 0 Å².